The molecular formula is C13H27NO. The van der Waals surface area contributed by atoms with Crippen LogP contribution in [0.15, 0.2) is 5.18 Å². The second kappa shape index (κ2) is 11.7. The van der Waals surface area contributed by atoms with E-state index in [0.717, 1.165) is 6.42 Å². The van der Waals surface area contributed by atoms with Gasteiger partial charge in [0, 0.05) is 0 Å². The highest BCUT2D eigenvalue weighted by atomic mass is 16.3. The van der Waals surface area contributed by atoms with E-state index < -0.39 is 0 Å². The van der Waals surface area contributed by atoms with E-state index in [9.17, 15) is 4.91 Å². The van der Waals surface area contributed by atoms with E-state index in [2.05, 4.69) is 19.0 Å². The lowest BCUT2D eigenvalue weighted by Crippen LogP contribution is -1.96. The van der Waals surface area contributed by atoms with Crippen LogP contribution >= 0.6 is 0 Å². The third-order valence-electron chi connectivity index (χ3n) is 3.01. The van der Waals surface area contributed by atoms with Gasteiger partial charge < -0.3 is 0 Å². The standard InChI is InChI=1S/C13H27NO/c1-3-4-5-6-7-8-9-10-13(2)11-12-14-15/h13H,3-12H2,1-2H3/t13-/m1/s1. The largest absolute Gasteiger partial charge is 0.151 e. The van der Waals surface area contributed by atoms with Gasteiger partial charge in [-0.3, -0.25) is 0 Å². The van der Waals surface area contributed by atoms with Gasteiger partial charge in [-0.25, -0.2) is 0 Å². The molecule has 0 saturated heterocycles. The molecule has 0 bridgehead atoms. The summed E-state index contributed by atoms with van der Waals surface area (Å²) >= 11 is 0. The fourth-order valence-corrected chi connectivity index (χ4v) is 1.87. The summed E-state index contributed by atoms with van der Waals surface area (Å²) in [6.45, 7) is 4.97. The van der Waals surface area contributed by atoms with Crippen molar-refractivity contribution in [2.24, 2.45) is 11.1 Å². The molecule has 1 atom stereocenters. The van der Waals surface area contributed by atoms with E-state index in [1.807, 2.05) is 0 Å². The first kappa shape index (κ1) is 14.6. The van der Waals surface area contributed by atoms with Crippen LogP contribution in [0, 0.1) is 10.8 Å². The van der Waals surface area contributed by atoms with Crippen molar-refractivity contribution in [2.45, 2.75) is 71.6 Å². The predicted octanol–water partition coefficient (Wildman–Crippen LogP) is 4.92. The Kier molecular flexibility index (Phi) is 11.4. The van der Waals surface area contributed by atoms with Gasteiger partial charge >= 0.3 is 0 Å². The summed E-state index contributed by atoms with van der Waals surface area (Å²) in [5.74, 6) is 0.679. The van der Waals surface area contributed by atoms with E-state index in [1.54, 1.807) is 0 Å². The summed E-state index contributed by atoms with van der Waals surface area (Å²) in [5.41, 5.74) is 0. The van der Waals surface area contributed by atoms with Gasteiger partial charge in [0.2, 0.25) is 0 Å². The first-order valence-electron chi connectivity index (χ1n) is 6.60. The van der Waals surface area contributed by atoms with Crippen LogP contribution in [0.3, 0.4) is 0 Å². The van der Waals surface area contributed by atoms with Crippen molar-refractivity contribution in [2.75, 3.05) is 6.54 Å². The van der Waals surface area contributed by atoms with E-state index in [0.29, 0.717) is 12.5 Å². The first-order chi connectivity index (χ1) is 7.31. The summed E-state index contributed by atoms with van der Waals surface area (Å²) in [5, 5.41) is 2.90. The Labute approximate surface area is 94.8 Å². The van der Waals surface area contributed by atoms with Crippen LogP contribution in [0.5, 0.6) is 0 Å². The number of unbranched alkanes of at least 4 members (excludes halogenated alkanes) is 6. The lowest BCUT2D eigenvalue weighted by atomic mass is 9.99. The fraction of sp³-hybridized carbons (Fsp3) is 1.00. The zero-order chi connectivity index (χ0) is 11.4. The Balaban J connectivity index is 3.05. The van der Waals surface area contributed by atoms with Gasteiger partial charge in [0.05, 0.1) is 6.54 Å². The number of rotatable bonds is 11. The highest BCUT2D eigenvalue weighted by molar-refractivity contribution is 4.56. The van der Waals surface area contributed by atoms with Crippen molar-refractivity contribution < 1.29 is 0 Å². The van der Waals surface area contributed by atoms with Crippen LogP contribution in [0.2, 0.25) is 0 Å². The molecule has 0 aromatic rings. The van der Waals surface area contributed by atoms with Crippen molar-refractivity contribution >= 4 is 0 Å². The van der Waals surface area contributed by atoms with Crippen LogP contribution in [-0.4, -0.2) is 6.54 Å². The molecule has 0 amide bonds. The fourth-order valence-electron chi connectivity index (χ4n) is 1.87. The van der Waals surface area contributed by atoms with Gasteiger partial charge in [0.15, 0.2) is 0 Å². The SMILES string of the molecule is CCCCCCCCC[C@@H](C)CCN=O. The minimum atomic E-state index is 0.498. The monoisotopic (exact) mass is 213 g/mol. The van der Waals surface area contributed by atoms with E-state index in [1.165, 1.54) is 51.4 Å². The smallest absolute Gasteiger partial charge is 0.0813 e. The van der Waals surface area contributed by atoms with Gasteiger partial charge in [0.1, 0.15) is 0 Å². The van der Waals surface area contributed by atoms with Crippen molar-refractivity contribution in [3.63, 3.8) is 0 Å². The molecule has 0 saturated carbocycles. The number of hydrogen-bond acceptors (Lipinski definition) is 2. The minimum Gasteiger partial charge on any atom is -0.151 e. The second-order valence-electron chi connectivity index (χ2n) is 4.66. The van der Waals surface area contributed by atoms with Crippen LogP contribution in [-0.2, 0) is 0 Å². The molecule has 2 heteroatoms. The maximum absolute atomic E-state index is 9.94. The molecule has 0 aromatic heterocycles. The van der Waals surface area contributed by atoms with E-state index >= 15 is 0 Å². The molecule has 0 aliphatic carbocycles. The summed E-state index contributed by atoms with van der Waals surface area (Å²) < 4.78 is 0. The Morgan fingerprint density at radius 1 is 0.933 bits per heavy atom. The molecule has 0 aromatic carbocycles. The normalized spacial score (nSPS) is 12.7. The molecule has 2 nitrogen and oxygen atoms in total. The van der Waals surface area contributed by atoms with E-state index in [-0.39, 0.29) is 0 Å². The van der Waals surface area contributed by atoms with Crippen molar-refractivity contribution in [3.05, 3.63) is 4.91 Å². The molecule has 90 valence electrons. The zero-order valence-corrected chi connectivity index (χ0v) is 10.5. The van der Waals surface area contributed by atoms with Gasteiger partial charge in [0.25, 0.3) is 0 Å². The van der Waals surface area contributed by atoms with Gasteiger partial charge in [-0.1, -0.05) is 70.4 Å². The highest BCUT2D eigenvalue weighted by Crippen LogP contribution is 2.14. The zero-order valence-electron chi connectivity index (χ0n) is 10.5. The molecule has 0 spiro atoms. The summed E-state index contributed by atoms with van der Waals surface area (Å²) in [6, 6.07) is 0. The average molecular weight is 213 g/mol. The molecule has 0 aliphatic heterocycles. The van der Waals surface area contributed by atoms with Crippen LogP contribution in [0.25, 0.3) is 0 Å². The van der Waals surface area contributed by atoms with Crippen LogP contribution in [0.4, 0.5) is 0 Å². The molecule has 0 heterocycles. The average Bonchev–Trinajstić information content (AvgIpc) is 2.25. The van der Waals surface area contributed by atoms with Gasteiger partial charge in [-0.2, -0.15) is 4.91 Å². The quantitative estimate of drug-likeness (QED) is 0.354. The molecule has 0 rings (SSSR count). The van der Waals surface area contributed by atoms with Gasteiger partial charge in [-0.15, -0.1) is 0 Å². The van der Waals surface area contributed by atoms with Crippen LogP contribution < -0.4 is 0 Å². The Hall–Kier alpha value is -0.400. The third kappa shape index (κ3) is 11.5. The molecular weight excluding hydrogens is 186 g/mol. The van der Waals surface area contributed by atoms with Gasteiger partial charge in [-0.05, 0) is 12.3 Å². The first-order valence-corrected chi connectivity index (χ1v) is 6.60. The second-order valence-corrected chi connectivity index (χ2v) is 4.66. The Morgan fingerprint density at radius 3 is 2.13 bits per heavy atom. The lowest BCUT2D eigenvalue weighted by molar-refractivity contribution is 0.460. The number of nitrogens with zero attached hydrogens (tertiary/aromatic N) is 1. The minimum absolute atomic E-state index is 0.498. The summed E-state index contributed by atoms with van der Waals surface area (Å²) in [6.07, 6.45) is 11.8. The van der Waals surface area contributed by atoms with Crippen molar-refractivity contribution in [1.29, 1.82) is 0 Å². The maximum atomic E-state index is 9.94. The highest BCUT2D eigenvalue weighted by Gasteiger charge is 2.01. The van der Waals surface area contributed by atoms with E-state index in [4.69, 9.17) is 0 Å². The molecule has 15 heavy (non-hydrogen) atoms. The Morgan fingerprint density at radius 2 is 1.53 bits per heavy atom. The molecule has 0 radical (unpaired) electrons. The summed E-state index contributed by atoms with van der Waals surface area (Å²) in [7, 11) is 0. The summed E-state index contributed by atoms with van der Waals surface area (Å²) in [4.78, 5) is 9.94. The predicted molar refractivity (Wildman–Crippen MR) is 67.1 cm³/mol. The van der Waals surface area contributed by atoms with Crippen LogP contribution in [0.1, 0.15) is 71.6 Å². The van der Waals surface area contributed by atoms with Crippen molar-refractivity contribution in [1.82, 2.24) is 0 Å². The Bertz CT molecular complexity index is 136. The third-order valence-corrected chi connectivity index (χ3v) is 3.01. The molecule has 0 unspecified atom stereocenters. The molecule has 0 fully saturated rings. The maximum Gasteiger partial charge on any atom is 0.0813 e. The topological polar surface area (TPSA) is 29.4 Å². The number of nitroso groups, excluding NO2 is 1. The molecule has 0 aliphatic rings. The van der Waals surface area contributed by atoms with Crippen molar-refractivity contribution in [3.8, 4) is 0 Å². The number of hydrogen-bond donors (Lipinski definition) is 0. The molecule has 0 N–H and O–H groups in total. The lowest BCUT2D eigenvalue weighted by Gasteiger charge is -2.08.